The maximum Gasteiger partial charge on any atom is 0.140 e. The van der Waals surface area contributed by atoms with Crippen molar-refractivity contribution in [2.45, 2.75) is 13.3 Å². The van der Waals surface area contributed by atoms with E-state index in [9.17, 15) is 4.79 Å². The molecule has 0 aliphatic carbocycles. The van der Waals surface area contributed by atoms with Gasteiger partial charge in [-0.15, -0.1) is 0 Å². The van der Waals surface area contributed by atoms with Crippen LogP contribution in [0.25, 0.3) is 0 Å². The SMILES string of the molecule is C[C@@H]1COCCC1=O. The highest BCUT2D eigenvalue weighted by atomic mass is 16.5. The van der Waals surface area contributed by atoms with Crippen LogP contribution in [-0.2, 0) is 9.53 Å². The van der Waals surface area contributed by atoms with E-state index in [-0.39, 0.29) is 5.92 Å². The topological polar surface area (TPSA) is 26.3 Å². The molecule has 1 fully saturated rings. The molecule has 0 aromatic rings. The smallest absolute Gasteiger partial charge is 0.140 e. The predicted octanol–water partition coefficient (Wildman–Crippen LogP) is 0.612. The lowest BCUT2D eigenvalue weighted by Gasteiger charge is -2.15. The van der Waals surface area contributed by atoms with Gasteiger partial charge in [0.2, 0.25) is 0 Å². The molecule has 1 rings (SSSR count). The molecule has 0 amide bonds. The number of Topliss-reactive ketones (excluding diaryl/α,β-unsaturated/α-hetero) is 1. The molecule has 1 atom stereocenters. The molecule has 0 aromatic carbocycles. The van der Waals surface area contributed by atoms with E-state index >= 15 is 0 Å². The largest absolute Gasteiger partial charge is 0.380 e. The van der Waals surface area contributed by atoms with Gasteiger partial charge >= 0.3 is 0 Å². The molecule has 0 N–H and O–H groups in total. The van der Waals surface area contributed by atoms with Gasteiger partial charge in [-0.05, 0) is 0 Å². The minimum Gasteiger partial charge on any atom is -0.380 e. The molecule has 0 aromatic heterocycles. The van der Waals surface area contributed by atoms with Gasteiger partial charge < -0.3 is 4.74 Å². The first-order valence-electron chi connectivity index (χ1n) is 2.91. The van der Waals surface area contributed by atoms with E-state index in [4.69, 9.17) is 4.74 Å². The van der Waals surface area contributed by atoms with Crippen LogP contribution >= 0.6 is 0 Å². The first-order valence-corrected chi connectivity index (χ1v) is 2.91. The van der Waals surface area contributed by atoms with Crippen LogP contribution in [0.1, 0.15) is 13.3 Å². The third-order valence-electron chi connectivity index (χ3n) is 1.41. The molecule has 0 spiro atoms. The number of ketones is 1. The van der Waals surface area contributed by atoms with E-state index in [2.05, 4.69) is 0 Å². The van der Waals surface area contributed by atoms with Crippen molar-refractivity contribution in [2.75, 3.05) is 13.2 Å². The second-order valence-electron chi connectivity index (χ2n) is 2.19. The van der Waals surface area contributed by atoms with Gasteiger partial charge in [0.25, 0.3) is 0 Å². The molecular formula is C6H10O2. The lowest BCUT2D eigenvalue weighted by Crippen LogP contribution is -2.24. The maximum atomic E-state index is 10.7. The van der Waals surface area contributed by atoms with Crippen molar-refractivity contribution in [2.24, 2.45) is 5.92 Å². The Labute approximate surface area is 48.8 Å². The molecule has 0 saturated carbocycles. The molecule has 1 heterocycles. The van der Waals surface area contributed by atoms with Crippen LogP contribution in [0.5, 0.6) is 0 Å². The van der Waals surface area contributed by atoms with E-state index in [1.165, 1.54) is 0 Å². The first kappa shape index (κ1) is 5.76. The number of carbonyl (C=O) groups excluding carboxylic acids is 1. The third-order valence-corrected chi connectivity index (χ3v) is 1.41. The number of ether oxygens (including phenoxy) is 1. The van der Waals surface area contributed by atoms with Crippen LogP contribution in [0, 0.1) is 5.92 Å². The minimum absolute atomic E-state index is 0.142. The number of carbonyl (C=O) groups is 1. The van der Waals surface area contributed by atoms with Crippen LogP contribution in [0.4, 0.5) is 0 Å². The van der Waals surface area contributed by atoms with E-state index < -0.39 is 0 Å². The lowest BCUT2D eigenvalue weighted by atomic mass is 10.0. The summed E-state index contributed by atoms with van der Waals surface area (Å²) >= 11 is 0. The zero-order valence-corrected chi connectivity index (χ0v) is 5.02. The second kappa shape index (κ2) is 2.27. The van der Waals surface area contributed by atoms with Crippen LogP contribution < -0.4 is 0 Å². The highest BCUT2D eigenvalue weighted by Crippen LogP contribution is 2.07. The van der Waals surface area contributed by atoms with Crippen LogP contribution in [0.3, 0.4) is 0 Å². The zero-order chi connectivity index (χ0) is 5.98. The van der Waals surface area contributed by atoms with Gasteiger partial charge in [0.1, 0.15) is 5.78 Å². The van der Waals surface area contributed by atoms with Crippen molar-refractivity contribution in [3.63, 3.8) is 0 Å². The Hall–Kier alpha value is -0.370. The molecule has 0 bridgehead atoms. The fourth-order valence-electron chi connectivity index (χ4n) is 0.772. The van der Waals surface area contributed by atoms with Crippen molar-refractivity contribution >= 4 is 5.78 Å². The van der Waals surface area contributed by atoms with Gasteiger partial charge in [-0.3, -0.25) is 4.79 Å². The maximum absolute atomic E-state index is 10.7. The molecule has 46 valence electrons. The highest BCUT2D eigenvalue weighted by Gasteiger charge is 2.16. The second-order valence-corrected chi connectivity index (χ2v) is 2.19. The predicted molar refractivity (Wildman–Crippen MR) is 29.6 cm³/mol. The molecule has 1 aliphatic heterocycles. The molecular weight excluding hydrogens is 104 g/mol. The third kappa shape index (κ3) is 1.07. The van der Waals surface area contributed by atoms with Gasteiger partial charge in [0.05, 0.1) is 13.2 Å². The Morgan fingerprint density at radius 2 is 2.50 bits per heavy atom. The van der Waals surface area contributed by atoms with E-state index in [1.54, 1.807) is 0 Å². The molecule has 0 radical (unpaired) electrons. The Morgan fingerprint density at radius 1 is 1.75 bits per heavy atom. The van der Waals surface area contributed by atoms with Gasteiger partial charge in [0.15, 0.2) is 0 Å². The summed E-state index contributed by atoms with van der Waals surface area (Å²) < 4.78 is 5.03. The summed E-state index contributed by atoms with van der Waals surface area (Å²) in [6.07, 6.45) is 0.612. The van der Waals surface area contributed by atoms with Crippen molar-refractivity contribution in [1.82, 2.24) is 0 Å². The minimum atomic E-state index is 0.142. The average molecular weight is 114 g/mol. The number of hydrogen-bond donors (Lipinski definition) is 0. The Morgan fingerprint density at radius 3 is 2.88 bits per heavy atom. The Bertz CT molecular complexity index is 98.7. The fraction of sp³-hybridized carbons (Fsp3) is 0.833. The van der Waals surface area contributed by atoms with Crippen LogP contribution in [-0.4, -0.2) is 19.0 Å². The van der Waals surface area contributed by atoms with E-state index in [0.29, 0.717) is 25.4 Å². The first-order chi connectivity index (χ1) is 3.80. The highest BCUT2D eigenvalue weighted by molar-refractivity contribution is 5.81. The van der Waals surface area contributed by atoms with Gasteiger partial charge in [-0.1, -0.05) is 6.92 Å². The van der Waals surface area contributed by atoms with E-state index in [0.717, 1.165) is 0 Å². The quantitative estimate of drug-likeness (QED) is 0.461. The van der Waals surface area contributed by atoms with Crippen LogP contribution in [0.2, 0.25) is 0 Å². The fourth-order valence-corrected chi connectivity index (χ4v) is 0.772. The summed E-state index contributed by atoms with van der Waals surface area (Å²) in [4.78, 5) is 10.7. The molecule has 1 saturated heterocycles. The zero-order valence-electron chi connectivity index (χ0n) is 5.02. The summed E-state index contributed by atoms with van der Waals surface area (Å²) in [5.41, 5.74) is 0. The standard InChI is InChI=1S/C6H10O2/c1-5-4-8-3-2-6(5)7/h5H,2-4H2,1H3/t5-/m1/s1. The molecule has 8 heavy (non-hydrogen) atoms. The molecule has 1 aliphatic rings. The van der Waals surface area contributed by atoms with Crippen molar-refractivity contribution < 1.29 is 9.53 Å². The number of rotatable bonds is 0. The monoisotopic (exact) mass is 114 g/mol. The Kier molecular flexibility index (Phi) is 1.63. The van der Waals surface area contributed by atoms with Gasteiger partial charge in [-0.25, -0.2) is 0 Å². The van der Waals surface area contributed by atoms with E-state index in [1.807, 2.05) is 6.92 Å². The summed E-state index contributed by atoms with van der Waals surface area (Å²) in [6.45, 7) is 3.16. The summed E-state index contributed by atoms with van der Waals surface area (Å²) in [6, 6.07) is 0. The van der Waals surface area contributed by atoms with Gasteiger partial charge in [0, 0.05) is 12.3 Å². The van der Waals surface area contributed by atoms with Crippen molar-refractivity contribution in [3.8, 4) is 0 Å². The average Bonchev–Trinajstić information content (AvgIpc) is 1.77. The van der Waals surface area contributed by atoms with Gasteiger partial charge in [-0.2, -0.15) is 0 Å². The summed E-state index contributed by atoms with van der Waals surface area (Å²) in [5, 5.41) is 0. The van der Waals surface area contributed by atoms with Crippen molar-refractivity contribution in [3.05, 3.63) is 0 Å². The van der Waals surface area contributed by atoms with Crippen LogP contribution in [0.15, 0.2) is 0 Å². The normalized spacial score (nSPS) is 30.6. The summed E-state index contributed by atoms with van der Waals surface area (Å²) in [5.74, 6) is 0.486. The molecule has 2 nitrogen and oxygen atoms in total. The Balaban J connectivity index is 2.39. The molecule has 0 unspecified atom stereocenters. The number of hydrogen-bond acceptors (Lipinski definition) is 2. The molecule has 2 heteroatoms. The lowest BCUT2D eigenvalue weighted by molar-refractivity contribution is -0.129. The van der Waals surface area contributed by atoms with Crippen molar-refractivity contribution in [1.29, 1.82) is 0 Å². The summed E-state index contributed by atoms with van der Waals surface area (Å²) in [7, 11) is 0.